The third-order valence-electron chi connectivity index (χ3n) is 4.87. The molecule has 2 N–H and O–H groups in total. The zero-order valence-electron chi connectivity index (χ0n) is 13.8. The number of rotatable bonds is 6. The smallest absolute Gasteiger partial charge is 0.0593 e. The third kappa shape index (κ3) is 4.06. The lowest BCUT2D eigenvalue weighted by molar-refractivity contribution is -0.0691. The van der Waals surface area contributed by atoms with E-state index in [0.29, 0.717) is 12.6 Å². The summed E-state index contributed by atoms with van der Waals surface area (Å²) in [6.45, 7) is 6.84. The van der Waals surface area contributed by atoms with Crippen molar-refractivity contribution in [3.05, 3.63) is 35.4 Å². The van der Waals surface area contributed by atoms with Crippen molar-refractivity contribution in [1.82, 2.24) is 4.90 Å². The monoisotopic (exact) mass is 290 g/mol. The molecule has 3 heteroatoms. The first kappa shape index (κ1) is 16.5. The van der Waals surface area contributed by atoms with E-state index in [0.717, 1.165) is 32.4 Å². The van der Waals surface area contributed by atoms with Gasteiger partial charge in [0.2, 0.25) is 0 Å². The van der Waals surface area contributed by atoms with Gasteiger partial charge in [0.15, 0.2) is 0 Å². The first-order chi connectivity index (χ1) is 10.1. The summed E-state index contributed by atoms with van der Waals surface area (Å²) in [5.41, 5.74) is 8.93. The van der Waals surface area contributed by atoms with Crippen molar-refractivity contribution in [2.75, 3.05) is 20.2 Å². The number of hydrogen-bond donors (Lipinski definition) is 1. The molecule has 118 valence electrons. The highest BCUT2D eigenvalue weighted by atomic mass is 16.5. The predicted octanol–water partition coefficient (Wildman–Crippen LogP) is 3.10. The van der Waals surface area contributed by atoms with Crippen LogP contribution in [-0.4, -0.2) is 36.7 Å². The first-order valence-corrected chi connectivity index (χ1v) is 8.18. The van der Waals surface area contributed by atoms with Gasteiger partial charge in [0.25, 0.3) is 0 Å². The Morgan fingerprint density at radius 2 is 2.05 bits per heavy atom. The standard InChI is InChI=1S/C18H30N2O/c1-4-5-17-12-18(14-19,10-11-21-17)20(3)13-16-8-6-15(2)7-9-16/h6-9,17H,4-5,10-14,19H2,1-3H3. The SMILES string of the molecule is CCCC1CC(CN)(N(C)Cc2ccc(C)cc2)CCO1. The average molecular weight is 290 g/mol. The molecule has 0 radical (unpaired) electrons. The number of ether oxygens (including phenoxy) is 1. The van der Waals surface area contributed by atoms with Gasteiger partial charge in [0.1, 0.15) is 0 Å². The quantitative estimate of drug-likeness (QED) is 0.875. The van der Waals surface area contributed by atoms with E-state index in [4.69, 9.17) is 10.5 Å². The topological polar surface area (TPSA) is 38.5 Å². The van der Waals surface area contributed by atoms with E-state index < -0.39 is 0 Å². The highest BCUT2D eigenvalue weighted by Gasteiger charge is 2.38. The van der Waals surface area contributed by atoms with E-state index in [1.165, 1.54) is 17.5 Å². The summed E-state index contributed by atoms with van der Waals surface area (Å²) in [6, 6.07) is 8.81. The molecule has 3 nitrogen and oxygen atoms in total. The summed E-state index contributed by atoms with van der Waals surface area (Å²) in [7, 11) is 2.21. The largest absolute Gasteiger partial charge is 0.378 e. The number of likely N-dealkylation sites (N-methyl/N-ethyl adjacent to an activating group) is 1. The molecular formula is C18H30N2O. The van der Waals surface area contributed by atoms with Gasteiger partial charge in [-0.15, -0.1) is 0 Å². The van der Waals surface area contributed by atoms with Gasteiger partial charge >= 0.3 is 0 Å². The Morgan fingerprint density at radius 1 is 1.33 bits per heavy atom. The van der Waals surface area contributed by atoms with E-state index in [-0.39, 0.29) is 5.54 Å². The molecule has 1 heterocycles. The molecule has 2 rings (SSSR count). The Hall–Kier alpha value is -0.900. The Bertz CT molecular complexity index is 429. The molecule has 2 unspecified atom stereocenters. The van der Waals surface area contributed by atoms with E-state index in [9.17, 15) is 0 Å². The van der Waals surface area contributed by atoms with Crippen molar-refractivity contribution in [2.45, 2.75) is 57.7 Å². The number of nitrogens with zero attached hydrogens (tertiary/aromatic N) is 1. The summed E-state index contributed by atoms with van der Waals surface area (Å²) >= 11 is 0. The van der Waals surface area contributed by atoms with Crippen LogP contribution in [0.2, 0.25) is 0 Å². The van der Waals surface area contributed by atoms with E-state index in [2.05, 4.69) is 50.1 Å². The summed E-state index contributed by atoms with van der Waals surface area (Å²) in [4.78, 5) is 2.45. The third-order valence-corrected chi connectivity index (χ3v) is 4.87. The minimum absolute atomic E-state index is 0.0863. The van der Waals surface area contributed by atoms with Crippen LogP contribution in [0.4, 0.5) is 0 Å². The average Bonchev–Trinajstić information content (AvgIpc) is 2.50. The Labute approximate surface area is 129 Å². The van der Waals surface area contributed by atoms with Gasteiger partial charge in [-0.05, 0) is 38.8 Å². The van der Waals surface area contributed by atoms with Crippen molar-refractivity contribution < 1.29 is 4.74 Å². The number of aryl methyl sites for hydroxylation is 1. The van der Waals surface area contributed by atoms with Crippen LogP contribution < -0.4 is 5.73 Å². The predicted molar refractivity (Wildman–Crippen MR) is 88.3 cm³/mol. The number of nitrogens with two attached hydrogens (primary N) is 1. The van der Waals surface area contributed by atoms with Gasteiger partial charge in [-0.25, -0.2) is 0 Å². The highest BCUT2D eigenvalue weighted by Crippen LogP contribution is 2.32. The lowest BCUT2D eigenvalue weighted by Crippen LogP contribution is -2.56. The molecule has 0 amide bonds. The fraction of sp³-hybridized carbons (Fsp3) is 0.667. The van der Waals surface area contributed by atoms with Crippen molar-refractivity contribution in [1.29, 1.82) is 0 Å². The van der Waals surface area contributed by atoms with Crippen LogP contribution in [0, 0.1) is 6.92 Å². The first-order valence-electron chi connectivity index (χ1n) is 8.18. The summed E-state index contributed by atoms with van der Waals surface area (Å²) in [5.74, 6) is 0. The normalized spacial score (nSPS) is 26.2. The number of benzene rings is 1. The summed E-state index contributed by atoms with van der Waals surface area (Å²) < 4.78 is 5.91. The molecule has 1 aliphatic rings. The fourth-order valence-corrected chi connectivity index (χ4v) is 3.33. The Morgan fingerprint density at radius 3 is 2.67 bits per heavy atom. The van der Waals surface area contributed by atoms with Crippen LogP contribution in [0.25, 0.3) is 0 Å². The van der Waals surface area contributed by atoms with Crippen LogP contribution >= 0.6 is 0 Å². The molecule has 21 heavy (non-hydrogen) atoms. The highest BCUT2D eigenvalue weighted by molar-refractivity contribution is 5.21. The van der Waals surface area contributed by atoms with Crippen molar-refractivity contribution in [3.8, 4) is 0 Å². The fourth-order valence-electron chi connectivity index (χ4n) is 3.33. The Kier molecular flexibility index (Phi) is 5.80. The zero-order chi connectivity index (χ0) is 15.3. The molecule has 0 saturated carbocycles. The molecule has 1 aromatic carbocycles. The van der Waals surface area contributed by atoms with Gasteiger partial charge in [-0.1, -0.05) is 43.2 Å². The summed E-state index contributed by atoms with van der Waals surface area (Å²) in [6.07, 6.45) is 4.77. The summed E-state index contributed by atoms with van der Waals surface area (Å²) in [5, 5.41) is 0. The molecule has 1 aliphatic heterocycles. The zero-order valence-corrected chi connectivity index (χ0v) is 13.8. The van der Waals surface area contributed by atoms with Crippen LogP contribution in [0.15, 0.2) is 24.3 Å². The lowest BCUT2D eigenvalue weighted by atomic mass is 9.83. The van der Waals surface area contributed by atoms with E-state index >= 15 is 0 Å². The molecule has 2 atom stereocenters. The van der Waals surface area contributed by atoms with Crippen LogP contribution in [0.1, 0.15) is 43.7 Å². The Balaban J connectivity index is 2.06. The van der Waals surface area contributed by atoms with Crippen LogP contribution in [0.3, 0.4) is 0 Å². The molecule has 0 bridgehead atoms. The van der Waals surface area contributed by atoms with Gasteiger partial charge in [0, 0.05) is 25.2 Å². The maximum atomic E-state index is 6.18. The minimum atomic E-state index is 0.0863. The van der Waals surface area contributed by atoms with Gasteiger partial charge in [-0.2, -0.15) is 0 Å². The molecule has 1 fully saturated rings. The molecule has 0 aliphatic carbocycles. The minimum Gasteiger partial charge on any atom is -0.378 e. The second-order valence-electron chi connectivity index (χ2n) is 6.51. The maximum absolute atomic E-state index is 6.18. The van der Waals surface area contributed by atoms with E-state index in [1.54, 1.807) is 0 Å². The van der Waals surface area contributed by atoms with E-state index in [1.807, 2.05) is 0 Å². The van der Waals surface area contributed by atoms with Crippen molar-refractivity contribution in [2.24, 2.45) is 5.73 Å². The van der Waals surface area contributed by atoms with Crippen LogP contribution in [-0.2, 0) is 11.3 Å². The van der Waals surface area contributed by atoms with Gasteiger partial charge in [0.05, 0.1) is 6.10 Å². The van der Waals surface area contributed by atoms with Gasteiger partial charge < -0.3 is 10.5 Å². The second kappa shape index (κ2) is 7.39. The molecular weight excluding hydrogens is 260 g/mol. The number of hydrogen-bond acceptors (Lipinski definition) is 3. The maximum Gasteiger partial charge on any atom is 0.0593 e. The molecule has 0 spiro atoms. The lowest BCUT2D eigenvalue weighted by Gasteiger charge is -2.46. The van der Waals surface area contributed by atoms with Gasteiger partial charge in [-0.3, -0.25) is 4.90 Å². The molecule has 0 aromatic heterocycles. The van der Waals surface area contributed by atoms with Crippen LogP contribution in [0.5, 0.6) is 0 Å². The molecule has 1 saturated heterocycles. The van der Waals surface area contributed by atoms with Crippen molar-refractivity contribution >= 4 is 0 Å². The van der Waals surface area contributed by atoms with Crippen molar-refractivity contribution in [3.63, 3.8) is 0 Å². The second-order valence-corrected chi connectivity index (χ2v) is 6.51. The molecule has 1 aromatic rings.